The molecule has 0 radical (unpaired) electrons. The van der Waals surface area contributed by atoms with Gasteiger partial charge in [0.05, 0.1) is 0 Å². The Morgan fingerprint density at radius 3 is 2.68 bits per heavy atom. The van der Waals surface area contributed by atoms with E-state index in [2.05, 4.69) is 9.71 Å². The van der Waals surface area contributed by atoms with Gasteiger partial charge in [-0.05, 0) is 24.3 Å². The topological polar surface area (TPSA) is 85.1 Å². The maximum Gasteiger partial charge on any atom is 0.266 e. The van der Waals surface area contributed by atoms with Gasteiger partial charge in [0.25, 0.3) is 10.0 Å². The van der Waals surface area contributed by atoms with Gasteiger partial charge in [0.1, 0.15) is 16.5 Å². The molecule has 0 bridgehead atoms. The van der Waals surface area contributed by atoms with E-state index in [4.69, 9.17) is 17.3 Å². The number of nitrogens with two attached hydrogens (primary N) is 1. The van der Waals surface area contributed by atoms with Gasteiger partial charge in [-0.15, -0.1) is 0 Å². The molecule has 0 saturated heterocycles. The number of pyridine rings is 1. The Morgan fingerprint density at radius 1 is 1.26 bits per heavy atom. The third-order valence-corrected chi connectivity index (χ3v) is 3.81. The van der Waals surface area contributed by atoms with E-state index in [1.165, 1.54) is 24.4 Å². The van der Waals surface area contributed by atoms with E-state index < -0.39 is 20.7 Å². The summed E-state index contributed by atoms with van der Waals surface area (Å²) in [4.78, 5) is 3.23. The van der Waals surface area contributed by atoms with E-state index in [-0.39, 0.29) is 11.5 Å². The molecule has 100 valence electrons. The number of anilines is 2. The number of halogens is 2. The zero-order valence-corrected chi connectivity index (χ0v) is 11.0. The number of benzene rings is 1. The highest BCUT2D eigenvalue weighted by molar-refractivity contribution is 7.92. The van der Waals surface area contributed by atoms with Crippen molar-refractivity contribution < 1.29 is 12.8 Å². The smallest absolute Gasteiger partial charge is 0.266 e. The maximum absolute atomic E-state index is 13.5. The van der Waals surface area contributed by atoms with Gasteiger partial charge < -0.3 is 5.73 Å². The molecule has 3 N–H and O–H groups in total. The number of rotatable bonds is 3. The summed E-state index contributed by atoms with van der Waals surface area (Å²) in [6.07, 6.45) is 1.33. The van der Waals surface area contributed by atoms with Crippen molar-refractivity contribution in [3.05, 3.63) is 47.4 Å². The molecule has 0 aliphatic heterocycles. The minimum Gasteiger partial charge on any atom is -0.399 e. The molecule has 0 aliphatic rings. The van der Waals surface area contributed by atoms with Gasteiger partial charge >= 0.3 is 0 Å². The summed E-state index contributed by atoms with van der Waals surface area (Å²) < 4.78 is 39.6. The van der Waals surface area contributed by atoms with Gasteiger partial charge in [0, 0.05) is 23.0 Å². The van der Waals surface area contributed by atoms with Crippen LogP contribution in [-0.2, 0) is 10.0 Å². The second kappa shape index (κ2) is 5.02. The molecule has 5 nitrogen and oxygen atoms in total. The lowest BCUT2D eigenvalue weighted by Gasteiger charge is -2.08. The normalized spacial score (nSPS) is 11.3. The molecule has 19 heavy (non-hydrogen) atoms. The fourth-order valence-electron chi connectivity index (χ4n) is 1.38. The molecule has 0 spiro atoms. The molecule has 0 saturated carbocycles. The summed E-state index contributed by atoms with van der Waals surface area (Å²) in [5.74, 6) is -0.905. The van der Waals surface area contributed by atoms with E-state index in [1.54, 1.807) is 0 Å². The predicted octanol–water partition coefficient (Wildman–Crippen LogP) is 2.26. The van der Waals surface area contributed by atoms with Crippen LogP contribution in [0.3, 0.4) is 0 Å². The summed E-state index contributed by atoms with van der Waals surface area (Å²) in [5.41, 5.74) is 5.59. The highest BCUT2D eigenvalue weighted by Gasteiger charge is 2.20. The second-order valence-corrected chi connectivity index (χ2v) is 5.74. The Labute approximate surface area is 114 Å². The summed E-state index contributed by atoms with van der Waals surface area (Å²) >= 11 is 5.71. The molecule has 2 aromatic rings. The first-order chi connectivity index (χ1) is 8.88. The third-order valence-electron chi connectivity index (χ3n) is 2.21. The Hall–Kier alpha value is -1.86. The maximum atomic E-state index is 13.5. The van der Waals surface area contributed by atoms with E-state index in [0.29, 0.717) is 5.02 Å². The molecule has 8 heteroatoms. The van der Waals surface area contributed by atoms with Crippen LogP contribution in [0.25, 0.3) is 0 Å². The zero-order valence-electron chi connectivity index (χ0n) is 9.47. The number of nitrogen functional groups attached to an aromatic ring is 1. The second-order valence-electron chi connectivity index (χ2n) is 3.65. The standard InChI is InChI=1S/C11H9ClFN3O2S/c12-7-3-4-15-11(5-7)16-19(17,18)10-6-8(14)1-2-9(10)13/h1-6H,14H2,(H,15,16). The lowest BCUT2D eigenvalue weighted by atomic mass is 10.3. The minimum absolute atomic E-state index is 0.00526. The first kappa shape index (κ1) is 13.6. The molecule has 2 rings (SSSR count). The number of sulfonamides is 1. The van der Waals surface area contributed by atoms with Gasteiger partial charge in [0.2, 0.25) is 0 Å². The number of nitrogens with zero attached hydrogens (tertiary/aromatic N) is 1. The Morgan fingerprint density at radius 2 is 2.00 bits per heavy atom. The van der Waals surface area contributed by atoms with Crippen molar-refractivity contribution in [2.45, 2.75) is 4.90 Å². The van der Waals surface area contributed by atoms with Crippen molar-refractivity contribution in [2.24, 2.45) is 0 Å². The number of hydrogen-bond acceptors (Lipinski definition) is 4. The molecule has 0 amide bonds. The zero-order chi connectivity index (χ0) is 14.0. The summed E-state index contributed by atoms with van der Waals surface area (Å²) in [7, 11) is -4.11. The lowest BCUT2D eigenvalue weighted by Crippen LogP contribution is -2.15. The molecule has 0 fully saturated rings. The van der Waals surface area contributed by atoms with Crippen LogP contribution >= 0.6 is 11.6 Å². The molecule has 0 atom stereocenters. The quantitative estimate of drug-likeness (QED) is 0.852. The largest absolute Gasteiger partial charge is 0.399 e. The summed E-state index contributed by atoms with van der Waals surface area (Å²) in [6.45, 7) is 0. The van der Waals surface area contributed by atoms with E-state index in [9.17, 15) is 12.8 Å². The van der Waals surface area contributed by atoms with Crippen LogP contribution in [0.15, 0.2) is 41.4 Å². The first-order valence-corrected chi connectivity index (χ1v) is 6.94. The highest BCUT2D eigenvalue weighted by Crippen LogP contribution is 2.21. The molecule has 1 aromatic heterocycles. The van der Waals surface area contributed by atoms with Crippen molar-refractivity contribution in [1.29, 1.82) is 0 Å². The van der Waals surface area contributed by atoms with Crippen molar-refractivity contribution >= 4 is 33.1 Å². The van der Waals surface area contributed by atoms with Crippen LogP contribution in [0, 0.1) is 5.82 Å². The van der Waals surface area contributed by atoms with Gasteiger partial charge in [-0.2, -0.15) is 0 Å². The fourth-order valence-corrected chi connectivity index (χ4v) is 2.65. The summed E-state index contributed by atoms with van der Waals surface area (Å²) in [5, 5.41) is 0.306. The van der Waals surface area contributed by atoms with Crippen molar-refractivity contribution in [2.75, 3.05) is 10.5 Å². The monoisotopic (exact) mass is 301 g/mol. The highest BCUT2D eigenvalue weighted by atomic mass is 35.5. The van der Waals surface area contributed by atoms with E-state index >= 15 is 0 Å². The number of nitrogens with one attached hydrogen (secondary N) is 1. The molecule has 0 aliphatic carbocycles. The molecular weight excluding hydrogens is 293 g/mol. The average molecular weight is 302 g/mol. The predicted molar refractivity (Wildman–Crippen MR) is 70.9 cm³/mol. The van der Waals surface area contributed by atoms with Crippen molar-refractivity contribution in [1.82, 2.24) is 4.98 Å². The average Bonchev–Trinajstić information content (AvgIpc) is 2.31. The Balaban J connectivity index is 2.40. The van der Waals surface area contributed by atoms with Gasteiger partial charge in [-0.1, -0.05) is 11.6 Å². The minimum atomic E-state index is -4.11. The van der Waals surface area contributed by atoms with Crippen LogP contribution in [-0.4, -0.2) is 13.4 Å². The Kier molecular flexibility index (Phi) is 3.59. The summed E-state index contributed by atoms with van der Waals surface area (Å²) in [6, 6.07) is 6.08. The fraction of sp³-hybridized carbons (Fsp3) is 0. The van der Waals surface area contributed by atoms with Crippen molar-refractivity contribution in [3.63, 3.8) is 0 Å². The molecule has 1 heterocycles. The van der Waals surface area contributed by atoms with Gasteiger partial charge in [-0.3, -0.25) is 4.72 Å². The molecular formula is C11H9ClFN3O2S. The van der Waals surface area contributed by atoms with E-state index in [0.717, 1.165) is 12.1 Å². The van der Waals surface area contributed by atoms with Gasteiger partial charge in [-0.25, -0.2) is 17.8 Å². The van der Waals surface area contributed by atoms with Gasteiger partial charge in [0.15, 0.2) is 0 Å². The SMILES string of the molecule is Nc1ccc(F)c(S(=O)(=O)Nc2cc(Cl)ccn2)c1. The third kappa shape index (κ3) is 3.12. The molecule has 0 unspecified atom stereocenters. The first-order valence-electron chi connectivity index (χ1n) is 5.08. The lowest BCUT2D eigenvalue weighted by molar-refractivity contribution is 0.570. The van der Waals surface area contributed by atoms with Crippen LogP contribution in [0.1, 0.15) is 0 Å². The van der Waals surface area contributed by atoms with Crippen molar-refractivity contribution in [3.8, 4) is 0 Å². The van der Waals surface area contributed by atoms with Crippen LogP contribution in [0.5, 0.6) is 0 Å². The number of hydrogen-bond donors (Lipinski definition) is 2. The van der Waals surface area contributed by atoms with Crippen LogP contribution in [0.4, 0.5) is 15.9 Å². The number of aromatic nitrogens is 1. The molecule has 1 aromatic carbocycles. The van der Waals surface area contributed by atoms with Crippen LogP contribution in [0.2, 0.25) is 5.02 Å². The van der Waals surface area contributed by atoms with Crippen LogP contribution < -0.4 is 10.5 Å². The Bertz CT molecular complexity index is 722. The van der Waals surface area contributed by atoms with E-state index in [1.807, 2.05) is 0 Å².